The Morgan fingerprint density at radius 3 is 2.63 bits per heavy atom. The number of nitro groups is 1. The molecule has 0 aliphatic carbocycles. The van der Waals surface area contributed by atoms with Crippen molar-refractivity contribution in [2.75, 3.05) is 37.6 Å². The van der Waals surface area contributed by atoms with Gasteiger partial charge in [0.1, 0.15) is 0 Å². The molecule has 3 rings (SSSR count). The van der Waals surface area contributed by atoms with E-state index >= 15 is 0 Å². The largest absolute Gasteiger partial charge is 0.370 e. The summed E-state index contributed by atoms with van der Waals surface area (Å²) in [7, 11) is 0. The maximum atomic E-state index is 11.1. The van der Waals surface area contributed by atoms with Crippen molar-refractivity contribution in [1.82, 2.24) is 14.9 Å². The van der Waals surface area contributed by atoms with Gasteiger partial charge in [0, 0.05) is 61.8 Å². The Hall–Kier alpha value is -2.94. The number of hydrogen-bond acceptors (Lipinski definition) is 6. The molecule has 0 atom stereocenters. The number of halogens is 1. The number of aromatic nitrogens is 2. The quantitative estimate of drug-likeness (QED) is 0.358. The highest BCUT2D eigenvalue weighted by Crippen LogP contribution is 2.23. The van der Waals surface area contributed by atoms with Crippen LogP contribution < -0.4 is 10.6 Å². The molecule has 0 saturated carbocycles. The first kappa shape index (κ1) is 18.8. The van der Waals surface area contributed by atoms with Crippen LogP contribution in [0.25, 0.3) is 0 Å². The number of aliphatic imine (C=N–C) groups is 1. The Morgan fingerprint density at radius 1 is 1.26 bits per heavy atom. The number of nitrogens with two attached hydrogens (primary N) is 1. The second kappa shape index (κ2) is 8.63. The zero-order chi connectivity index (χ0) is 19.2. The summed E-state index contributed by atoms with van der Waals surface area (Å²) in [4.78, 5) is 27.7. The van der Waals surface area contributed by atoms with Crippen LogP contribution in [0.1, 0.15) is 5.56 Å². The van der Waals surface area contributed by atoms with E-state index in [4.69, 9.17) is 17.3 Å². The number of rotatable bonds is 5. The van der Waals surface area contributed by atoms with Gasteiger partial charge in [-0.25, -0.2) is 9.97 Å². The fraction of sp³-hybridized carbons (Fsp3) is 0.353. The Bertz CT molecular complexity index is 823. The molecule has 142 valence electrons. The van der Waals surface area contributed by atoms with E-state index < -0.39 is 4.92 Å². The third-order valence-corrected chi connectivity index (χ3v) is 4.57. The van der Waals surface area contributed by atoms with Crippen molar-refractivity contribution in [2.45, 2.75) is 6.42 Å². The van der Waals surface area contributed by atoms with Crippen LogP contribution in [0.2, 0.25) is 5.02 Å². The zero-order valence-electron chi connectivity index (χ0n) is 14.7. The summed E-state index contributed by atoms with van der Waals surface area (Å²) in [5.74, 6) is 1.16. The summed E-state index contributed by atoms with van der Waals surface area (Å²) >= 11 is 5.83. The minimum atomic E-state index is -0.431. The molecule has 10 heteroatoms. The molecule has 27 heavy (non-hydrogen) atoms. The molecular formula is C17H20ClN7O2. The van der Waals surface area contributed by atoms with E-state index in [2.05, 4.69) is 19.9 Å². The van der Waals surface area contributed by atoms with E-state index in [1.165, 1.54) is 6.07 Å². The van der Waals surface area contributed by atoms with Gasteiger partial charge in [-0.05, 0) is 18.6 Å². The number of nitro benzene ring substituents is 1. The van der Waals surface area contributed by atoms with Gasteiger partial charge in [0.05, 0.1) is 4.92 Å². The van der Waals surface area contributed by atoms with Crippen LogP contribution in [0.4, 0.5) is 11.6 Å². The smallest absolute Gasteiger partial charge is 0.274 e. The van der Waals surface area contributed by atoms with Gasteiger partial charge in [0.2, 0.25) is 5.95 Å². The lowest BCUT2D eigenvalue weighted by Gasteiger charge is -2.35. The first-order chi connectivity index (χ1) is 13.0. The van der Waals surface area contributed by atoms with Crippen molar-refractivity contribution in [3.05, 3.63) is 57.4 Å². The molecule has 0 spiro atoms. The van der Waals surface area contributed by atoms with Crippen LogP contribution in [0.15, 0.2) is 41.7 Å². The molecule has 1 aromatic carbocycles. The minimum Gasteiger partial charge on any atom is -0.370 e. The highest BCUT2D eigenvalue weighted by molar-refractivity contribution is 6.30. The second-order valence-electron chi connectivity index (χ2n) is 6.04. The summed E-state index contributed by atoms with van der Waals surface area (Å²) in [6.45, 7) is 3.31. The molecular weight excluding hydrogens is 370 g/mol. The van der Waals surface area contributed by atoms with Crippen molar-refractivity contribution in [3.63, 3.8) is 0 Å². The first-order valence-corrected chi connectivity index (χ1v) is 8.92. The van der Waals surface area contributed by atoms with Crippen LogP contribution in [0, 0.1) is 10.1 Å². The average Bonchev–Trinajstić information content (AvgIpc) is 2.69. The molecule has 0 radical (unpaired) electrons. The van der Waals surface area contributed by atoms with Crippen LogP contribution in [0.3, 0.4) is 0 Å². The monoisotopic (exact) mass is 389 g/mol. The number of benzene rings is 1. The highest BCUT2D eigenvalue weighted by Gasteiger charge is 2.20. The van der Waals surface area contributed by atoms with Crippen LogP contribution in [-0.4, -0.2) is 58.5 Å². The molecule has 9 nitrogen and oxygen atoms in total. The van der Waals surface area contributed by atoms with Crippen molar-refractivity contribution >= 4 is 29.2 Å². The predicted octanol–water partition coefficient (Wildman–Crippen LogP) is 1.72. The summed E-state index contributed by atoms with van der Waals surface area (Å²) in [6.07, 6.45) is 3.87. The standard InChI is InChI=1S/C17H20ClN7O2/c18-14-3-2-13(15(12-14)25(26)27)4-7-20-16(19)23-8-10-24(11-9-23)17-21-5-1-6-22-17/h1-3,5-6,12H,4,7-11H2,(H2,19,20). The number of nitrogens with zero attached hydrogens (tertiary/aromatic N) is 6. The fourth-order valence-corrected chi connectivity index (χ4v) is 3.07. The topological polar surface area (TPSA) is 114 Å². The molecule has 1 fully saturated rings. The van der Waals surface area contributed by atoms with Gasteiger partial charge in [0.15, 0.2) is 5.96 Å². The van der Waals surface area contributed by atoms with Crippen LogP contribution >= 0.6 is 11.6 Å². The molecule has 0 unspecified atom stereocenters. The molecule has 2 aromatic rings. The van der Waals surface area contributed by atoms with Gasteiger partial charge >= 0.3 is 0 Å². The third-order valence-electron chi connectivity index (χ3n) is 4.34. The normalized spacial score (nSPS) is 15.1. The molecule has 2 heterocycles. The number of guanidine groups is 1. The highest BCUT2D eigenvalue weighted by atomic mass is 35.5. The summed E-state index contributed by atoms with van der Waals surface area (Å²) in [5.41, 5.74) is 6.69. The van der Waals surface area contributed by atoms with Crippen molar-refractivity contribution in [3.8, 4) is 0 Å². The van der Waals surface area contributed by atoms with E-state index in [1.807, 2.05) is 4.90 Å². The molecule has 1 aliphatic heterocycles. The van der Waals surface area contributed by atoms with Crippen LogP contribution in [0.5, 0.6) is 0 Å². The van der Waals surface area contributed by atoms with Gasteiger partial charge in [-0.1, -0.05) is 17.7 Å². The van der Waals surface area contributed by atoms with Gasteiger partial charge in [-0.3, -0.25) is 15.1 Å². The lowest BCUT2D eigenvalue weighted by atomic mass is 10.1. The Morgan fingerprint density at radius 2 is 1.96 bits per heavy atom. The summed E-state index contributed by atoms with van der Waals surface area (Å²) in [5, 5.41) is 11.5. The van der Waals surface area contributed by atoms with Gasteiger partial charge in [-0.2, -0.15) is 0 Å². The molecule has 0 bridgehead atoms. The molecule has 1 aromatic heterocycles. The van der Waals surface area contributed by atoms with Crippen molar-refractivity contribution in [1.29, 1.82) is 0 Å². The van der Waals surface area contributed by atoms with E-state index in [-0.39, 0.29) is 5.69 Å². The van der Waals surface area contributed by atoms with Crippen LogP contribution in [-0.2, 0) is 6.42 Å². The van der Waals surface area contributed by atoms with Gasteiger partial charge in [0.25, 0.3) is 5.69 Å². The lowest BCUT2D eigenvalue weighted by molar-refractivity contribution is -0.385. The molecule has 2 N–H and O–H groups in total. The zero-order valence-corrected chi connectivity index (χ0v) is 15.4. The average molecular weight is 390 g/mol. The fourth-order valence-electron chi connectivity index (χ4n) is 2.90. The SMILES string of the molecule is NC(=NCCc1ccc(Cl)cc1[N+](=O)[O-])N1CCN(c2ncccn2)CC1. The molecule has 1 saturated heterocycles. The van der Waals surface area contributed by atoms with Crippen molar-refractivity contribution in [2.24, 2.45) is 10.7 Å². The third kappa shape index (κ3) is 4.82. The predicted molar refractivity (Wildman–Crippen MR) is 104 cm³/mol. The molecule has 0 amide bonds. The summed E-state index contributed by atoms with van der Waals surface area (Å²) < 4.78 is 0. The Labute approximate surface area is 161 Å². The van der Waals surface area contributed by atoms with Crippen molar-refractivity contribution < 1.29 is 4.92 Å². The number of piperazine rings is 1. The minimum absolute atomic E-state index is 0.00717. The first-order valence-electron chi connectivity index (χ1n) is 8.54. The number of anilines is 1. The second-order valence-corrected chi connectivity index (χ2v) is 6.48. The number of hydrogen-bond donors (Lipinski definition) is 1. The Kier molecular flexibility index (Phi) is 6.02. The summed E-state index contributed by atoms with van der Waals surface area (Å²) in [6, 6.07) is 6.44. The van der Waals surface area contributed by atoms with E-state index in [0.717, 1.165) is 13.1 Å². The van der Waals surface area contributed by atoms with Gasteiger partial charge in [-0.15, -0.1) is 0 Å². The van der Waals surface area contributed by atoms with E-state index in [9.17, 15) is 10.1 Å². The van der Waals surface area contributed by atoms with Gasteiger partial charge < -0.3 is 15.5 Å². The lowest BCUT2D eigenvalue weighted by Crippen LogP contribution is -2.51. The van der Waals surface area contributed by atoms with E-state index in [1.54, 1.807) is 30.6 Å². The maximum Gasteiger partial charge on any atom is 0.274 e. The Balaban J connectivity index is 1.54. The molecule has 1 aliphatic rings. The maximum absolute atomic E-state index is 11.1. The van der Waals surface area contributed by atoms with E-state index in [0.29, 0.717) is 48.5 Å².